The lowest BCUT2D eigenvalue weighted by Crippen LogP contribution is -2.29. The number of anilines is 1. The van der Waals surface area contributed by atoms with E-state index in [2.05, 4.69) is 11.9 Å². The van der Waals surface area contributed by atoms with Gasteiger partial charge in [-0.25, -0.2) is 9.78 Å². The average molecular weight is 657 g/mol. The van der Waals surface area contributed by atoms with Crippen molar-refractivity contribution in [1.29, 1.82) is 0 Å². The summed E-state index contributed by atoms with van der Waals surface area (Å²) in [6.07, 6.45) is 1.81. The zero-order valence-electron chi connectivity index (χ0n) is 26.9. The molecule has 1 atom stereocenters. The van der Waals surface area contributed by atoms with E-state index < -0.39 is 23.7 Å². The topological polar surface area (TPSA) is 124 Å². The minimum absolute atomic E-state index is 0.108. The molecular weight excluding hydrogens is 620 g/mol. The number of carbonyl (C=O) groups is 3. The van der Waals surface area contributed by atoms with Gasteiger partial charge in [0.25, 0.3) is 5.78 Å². The van der Waals surface area contributed by atoms with E-state index in [1.165, 1.54) is 19.1 Å². The van der Waals surface area contributed by atoms with Crippen molar-refractivity contribution >= 4 is 39.9 Å². The normalized spacial score (nSPS) is 15.5. The average Bonchev–Trinajstić information content (AvgIpc) is 3.59. The summed E-state index contributed by atoms with van der Waals surface area (Å²) in [5, 5.41) is 11.7. The number of ether oxygens (including phenoxy) is 4. The minimum Gasteiger partial charge on any atom is -0.507 e. The van der Waals surface area contributed by atoms with Crippen molar-refractivity contribution in [2.75, 3.05) is 25.7 Å². The number of rotatable bonds is 12. The van der Waals surface area contributed by atoms with Crippen LogP contribution in [0.25, 0.3) is 5.76 Å². The summed E-state index contributed by atoms with van der Waals surface area (Å²) in [4.78, 5) is 45.7. The van der Waals surface area contributed by atoms with Crippen molar-refractivity contribution in [3.8, 4) is 17.2 Å². The van der Waals surface area contributed by atoms with Crippen LogP contribution >= 0.6 is 11.3 Å². The molecular formula is C36H36N2O8S. The van der Waals surface area contributed by atoms with Crippen molar-refractivity contribution in [3.05, 3.63) is 105 Å². The molecule has 1 aromatic heterocycles. The van der Waals surface area contributed by atoms with E-state index in [1.54, 1.807) is 49.4 Å². The molecule has 244 valence electrons. The van der Waals surface area contributed by atoms with Gasteiger partial charge in [-0.05, 0) is 67.8 Å². The third-order valence-electron chi connectivity index (χ3n) is 7.68. The number of aromatic nitrogens is 1. The number of unbranched alkanes of at least 4 members (excludes halogenated alkanes) is 1. The first-order valence-corrected chi connectivity index (χ1v) is 15.9. The number of esters is 1. The Morgan fingerprint density at radius 1 is 0.979 bits per heavy atom. The van der Waals surface area contributed by atoms with Crippen LogP contribution in [0.1, 0.15) is 63.4 Å². The maximum Gasteiger partial charge on any atom is 0.350 e. The van der Waals surface area contributed by atoms with Crippen LogP contribution in [0.3, 0.4) is 0 Å². The molecule has 4 aromatic rings. The summed E-state index contributed by atoms with van der Waals surface area (Å²) in [6.45, 7) is 6.54. The second kappa shape index (κ2) is 14.5. The monoisotopic (exact) mass is 656 g/mol. The van der Waals surface area contributed by atoms with Gasteiger partial charge < -0.3 is 24.1 Å². The van der Waals surface area contributed by atoms with Gasteiger partial charge in [0.1, 0.15) is 23.0 Å². The molecule has 1 saturated heterocycles. The van der Waals surface area contributed by atoms with E-state index in [4.69, 9.17) is 18.9 Å². The number of methoxy groups -OCH3 is 2. The van der Waals surface area contributed by atoms with Gasteiger partial charge in [0.2, 0.25) is 0 Å². The summed E-state index contributed by atoms with van der Waals surface area (Å²) in [6, 6.07) is 18.6. The number of nitrogens with zero attached hydrogens (tertiary/aromatic N) is 2. The standard InChI is InChI=1S/C36H36N2O8S/c1-6-7-17-45-27-16-13-25(19-28(27)43-4)30-29(32(40)34(41)38(30)36-37-22(3)33(47-36)35(42)44-5)31(39)24-11-14-26(15-12-24)46-20-23-10-8-9-21(2)18-23/h8-16,18-19,30,39H,6-7,17,20H2,1-5H3/b31-29+. The summed E-state index contributed by atoms with van der Waals surface area (Å²) in [5.41, 5.74) is 3.13. The molecule has 47 heavy (non-hydrogen) atoms. The number of carbonyl (C=O) groups excluding carboxylic acids is 3. The van der Waals surface area contributed by atoms with Gasteiger partial charge in [-0.1, -0.05) is 60.6 Å². The molecule has 1 N–H and O–H groups in total. The number of aryl methyl sites for hydroxylation is 2. The Morgan fingerprint density at radius 2 is 1.74 bits per heavy atom. The first kappa shape index (κ1) is 33.2. The van der Waals surface area contributed by atoms with Crippen molar-refractivity contribution in [1.82, 2.24) is 4.98 Å². The van der Waals surface area contributed by atoms with Crippen LogP contribution in [0.4, 0.5) is 5.13 Å². The lowest BCUT2D eigenvalue weighted by Gasteiger charge is -2.24. The molecule has 11 heteroatoms. The number of benzene rings is 3. The van der Waals surface area contributed by atoms with Gasteiger partial charge in [-0.2, -0.15) is 0 Å². The molecule has 1 unspecified atom stereocenters. The van der Waals surface area contributed by atoms with Gasteiger partial charge in [0, 0.05) is 5.56 Å². The molecule has 10 nitrogen and oxygen atoms in total. The molecule has 0 spiro atoms. The highest BCUT2D eigenvalue weighted by atomic mass is 32.1. The summed E-state index contributed by atoms with van der Waals surface area (Å²) >= 11 is 0.927. The first-order valence-electron chi connectivity index (χ1n) is 15.1. The smallest absolute Gasteiger partial charge is 0.350 e. The van der Waals surface area contributed by atoms with Crippen molar-refractivity contribution in [2.45, 2.75) is 46.3 Å². The zero-order valence-corrected chi connectivity index (χ0v) is 27.7. The van der Waals surface area contributed by atoms with E-state index >= 15 is 0 Å². The molecule has 0 radical (unpaired) electrons. The van der Waals surface area contributed by atoms with Crippen molar-refractivity contribution in [3.63, 3.8) is 0 Å². The van der Waals surface area contributed by atoms with Gasteiger partial charge in [0.05, 0.1) is 38.1 Å². The van der Waals surface area contributed by atoms with Crippen LogP contribution in [0.5, 0.6) is 17.2 Å². The SMILES string of the molecule is CCCCOc1ccc(C2/C(=C(\O)c3ccc(OCc4cccc(C)c4)cc3)C(=O)C(=O)N2c2nc(C)c(C(=O)OC)s2)cc1OC. The Kier molecular flexibility index (Phi) is 10.3. The number of amides is 1. The van der Waals surface area contributed by atoms with Crippen LogP contribution in [0.2, 0.25) is 0 Å². The second-order valence-electron chi connectivity index (χ2n) is 11.0. The van der Waals surface area contributed by atoms with Crippen molar-refractivity contribution < 1.29 is 38.4 Å². The Labute approximate surface area is 277 Å². The van der Waals surface area contributed by atoms with Crippen LogP contribution in [0, 0.1) is 13.8 Å². The minimum atomic E-state index is -1.10. The maximum absolute atomic E-state index is 13.7. The van der Waals surface area contributed by atoms with E-state index in [0.717, 1.165) is 35.3 Å². The van der Waals surface area contributed by atoms with Gasteiger partial charge in [-0.15, -0.1) is 0 Å². The molecule has 1 amide bonds. The second-order valence-corrected chi connectivity index (χ2v) is 12.0. The summed E-state index contributed by atoms with van der Waals surface area (Å²) in [7, 11) is 2.75. The van der Waals surface area contributed by atoms with Crippen LogP contribution in [0.15, 0.2) is 72.3 Å². The summed E-state index contributed by atoms with van der Waals surface area (Å²) in [5.74, 6) is -1.32. The highest BCUT2D eigenvalue weighted by Gasteiger charge is 2.48. The highest BCUT2D eigenvalue weighted by Crippen LogP contribution is 2.45. The third kappa shape index (κ3) is 7.00. The fourth-order valence-corrected chi connectivity index (χ4v) is 6.26. The Hall–Kier alpha value is -5.16. The fourth-order valence-electron chi connectivity index (χ4n) is 5.25. The number of thiazole rings is 1. The quantitative estimate of drug-likeness (QED) is 0.0568. The summed E-state index contributed by atoms with van der Waals surface area (Å²) < 4.78 is 22.3. The van der Waals surface area contributed by atoms with Crippen molar-refractivity contribution in [2.24, 2.45) is 0 Å². The van der Waals surface area contributed by atoms with E-state index in [9.17, 15) is 19.5 Å². The number of Topliss-reactive ketones (excluding diaryl/α,β-unsaturated/α-hetero) is 1. The van der Waals surface area contributed by atoms with Gasteiger partial charge in [0.15, 0.2) is 16.6 Å². The number of hydrogen-bond donors (Lipinski definition) is 1. The number of hydrogen-bond acceptors (Lipinski definition) is 10. The molecule has 3 aromatic carbocycles. The Morgan fingerprint density at radius 3 is 2.43 bits per heavy atom. The molecule has 0 saturated carbocycles. The molecule has 5 rings (SSSR count). The highest BCUT2D eigenvalue weighted by molar-refractivity contribution is 7.17. The van der Waals surface area contributed by atoms with Crippen LogP contribution in [-0.2, 0) is 20.9 Å². The fraction of sp³-hybridized carbons (Fsp3) is 0.278. The van der Waals surface area contributed by atoms with E-state index in [0.29, 0.717) is 47.3 Å². The van der Waals surface area contributed by atoms with Crippen LogP contribution in [-0.4, -0.2) is 48.6 Å². The molecule has 0 bridgehead atoms. The number of aliphatic hydroxyl groups excluding tert-OH is 1. The molecule has 1 fully saturated rings. The molecule has 1 aliphatic rings. The number of ketones is 1. The third-order valence-corrected chi connectivity index (χ3v) is 8.82. The zero-order chi connectivity index (χ0) is 33.7. The lowest BCUT2D eigenvalue weighted by atomic mass is 9.95. The predicted molar refractivity (Wildman–Crippen MR) is 178 cm³/mol. The van der Waals surface area contributed by atoms with Gasteiger partial charge >= 0.3 is 11.9 Å². The largest absolute Gasteiger partial charge is 0.507 e. The molecule has 0 aliphatic carbocycles. The molecule has 1 aliphatic heterocycles. The first-order chi connectivity index (χ1) is 22.7. The van der Waals surface area contributed by atoms with Crippen LogP contribution < -0.4 is 19.1 Å². The maximum atomic E-state index is 13.7. The van der Waals surface area contributed by atoms with E-state index in [-0.39, 0.29) is 21.3 Å². The lowest BCUT2D eigenvalue weighted by molar-refractivity contribution is -0.132. The Balaban J connectivity index is 1.56. The number of aliphatic hydroxyl groups is 1. The molecule has 2 heterocycles. The predicted octanol–water partition coefficient (Wildman–Crippen LogP) is 6.94. The van der Waals surface area contributed by atoms with E-state index in [1.807, 2.05) is 31.2 Å². The Bertz CT molecular complexity index is 1830. The van der Waals surface area contributed by atoms with Gasteiger partial charge in [-0.3, -0.25) is 14.5 Å².